The Morgan fingerprint density at radius 2 is 2.33 bits per heavy atom. The molecule has 1 unspecified atom stereocenters. The third-order valence-electron chi connectivity index (χ3n) is 0.884. The predicted octanol–water partition coefficient (Wildman–Crippen LogP) is 1.87. The maximum absolute atomic E-state index is 4.86. The first-order valence-corrected chi connectivity index (χ1v) is 3.89. The highest BCUT2D eigenvalue weighted by atomic mass is 127. The molecule has 0 saturated heterocycles. The number of hydrogen-bond donors (Lipinski definition) is 0. The van der Waals surface area contributed by atoms with E-state index in [1.165, 1.54) is 0 Å². The van der Waals surface area contributed by atoms with Gasteiger partial charge in [0, 0.05) is 0 Å². The average Bonchev–Trinajstić information content (AvgIpc) is 2.14. The van der Waals surface area contributed by atoms with E-state index in [0.717, 1.165) is 0 Å². The number of halogens is 1. The molecule has 0 fully saturated rings. The molecule has 0 aromatic carbocycles. The van der Waals surface area contributed by atoms with Gasteiger partial charge in [-0.05, 0) is 13.8 Å². The molecule has 0 aliphatic carbocycles. The van der Waals surface area contributed by atoms with E-state index in [4.69, 9.17) is 4.52 Å². The van der Waals surface area contributed by atoms with Gasteiger partial charge >= 0.3 is 0 Å². The summed E-state index contributed by atoms with van der Waals surface area (Å²) >= 11 is 2.23. The predicted molar refractivity (Wildman–Crippen MR) is 41.5 cm³/mol. The number of hydrogen-bond acceptors (Lipinski definition) is 3. The molecule has 1 aromatic heterocycles. The van der Waals surface area contributed by atoms with Gasteiger partial charge in [0.1, 0.15) is 0 Å². The molecule has 1 atom stereocenters. The lowest BCUT2D eigenvalue weighted by atomic mass is 10.5. The van der Waals surface area contributed by atoms with Crippen LogP contribution < -0.4 is 0 Å². The van der Waals surface area contributed by atoms with Crippen LogP contribution in [0.5, 0.6) is 0 Å². The van der Waals surface area contributed by atoms with Crippen molar-refractivity contribution in [1.29, 1.82) is 0 Å². The van der Waals surface area contributed by atoms with E-state index in [2.05, 4.69) is 32.7 Å². The van der Waals surface area contributed by atoms with Crippen LogP contribution in [0.2, 0.25) is 0 Å². The van der Waals surface area contributed by atoms with Gasteiger partial charge in [0.15, 0.2) is 5.82 Å². The first kappa shape index (κ1) is 6.98. The Labute approximate surface area is 67.0 Å². The molecule has 0 radical (unpaired) electrons. The van der Waals surface area contributed by atoms with Gasteiger partial charge in [-0.3, -0.25) is 0 Å². The second-order valence-electron chi connectivity index (χ2n) is 1.80. The van der Waals surface area contributed by atoms with Crippen molar-refractivity contribution < 1.29 is 4.52 Å². The zero-order valence-electron chi connectivity index (χ0n) is 5.26. The Morgan fingerprint density at radius 3 is 2.56 bits per heavy atom. The minimum absolute atomic E-state index is 0.309. The largest absolute Gasteiger partial charge is 0.338 e. The van der Waals surface area contributed by atoms with Gasteiger partial charge in [0.05, 0.1) is 3.92 Å². The molecule has 1 rings (SSSR count). The smallest absolute Gasteiger partial charge is 0.239 e. The minimum Gasteiger partial charge on any atom is -0.338 e. The van der Waals surface area contributed by atoms with Gasteiger partial charge in [-0.25, -0.2) is 0 Å². The minimum atomic E-state index is 0.309. The molecule has 50 valence electrons. The second-order valence-corrected chi connectivity index (χ2v) is 3.66. The van der Waals surface area contributed by atoms with E-state index in [1.807, 2.05) is 13.8 Å². The summed E-state index contributed by atoms with van der Waals surface area (Å²) in [5.74, 6) is 1.40. The highest BCUT2D eigenvalue weighted by Crippen LogP contribution is 2.19. The number of aryl methyl sites for hydroxylation is 1. The summed E-state index contributed by atoms with van der Waals surface area (Å²) in [6, 6.07) is 0. The summed E-state index contributed by atoms with van der Waals surface area (Å²) in [5.41, 5.74) is 0. The third-order valence-corrected chi connectivity index (χ3v) is 1.42. The van der Waals surface area contributed by atoms with E-state index >= 15 is 0 Å². The number of rotatable bonds is 1. The third kappa shape index (κ3) is 1.64. The van der Waals surface area contributed by atoms with Crippen molar-refractivity contribution in [3.63, 3.8) is 0 Å². The topological polar surface area (TPSA) is 38.9 Å². The number of alkyl halides is 1. The molecule has 0 aliphatic rings. The lowest BCUT2D eigenvalue weighted by Gasteiger charge is -1.89. The molecule has 0 saturated carbocycles. The maximum atomic E-state index is 4.86. The van der Waals surface area contributed by atoms with Crippen molar-refractivity contribution in [3.8, 4) is 0 Å². The van der Waals surface area contributed by atoms with E-state index in [9.17, 15) is 0 Å². The van der Waals surface area contributed by atoms with Crippen LogP contribution in [0.25, 0.3) is 0 Å². The van der Waals surface area contributed by atoms with Gasteiger partial charge in [0.25, 0.3) is 0 Å². The molecular formula is C5H7IN2O. The van der Waals surface area contributed by atoms with Crippen molar-refractivity contribution in [2.24, 2.45) is 0 Å². The van der Waals surface area contributed by atoms with E-state index in [0.29, 0.717) is 15.6 Å². The van der Waals surface area contributed by atoms with Crippen LogP contribution in [-0.4, -0.2) is 10.1 Å². The molecule has 0 bridgehead atoms. The van der Waals surface area contributed by atoms with Crippen LogP contribution in [-0.2, 0) is 0 Å². The highest BCUT2D eigenvalue weighted by Gasteiger charge is 2.06. The lowest BCUT2D eigenvalue weighted by Crippen LogP contribution is -1.81. The molecule has 4 heteroatoms. The summed E-state index contributed by atoms with van der Waals surface area (Å²) in [6.07, 6.45) is 0. The number of nitrogens with zero attached hydrogens (tertiary/aromatic N) is 2. The Bertz CT molecular complexity index is 197. The summed E-state index contributed by atoms with van der Waals surface area (Å²) in [7, 11) is 0. The van der Waals surface area contributed by atoms with Crippen molar-refractivity contribution in [2.45, 2.75) is 17.8 Å². The Kier molecular flexibility index (Phi) is 2.05. The van der Waals surface area contributed by atoms with Crippen molar-refractivity contribution in [1.82, 2.24) is 10.1 Å². The van der Waals surface area contributed by atoms with Crippen LogP contribution in [0.4, 0.5) is 0 Å². The van der Waals surface area contributed by atoms with Gasteiger partial charge in [0.2, 0.25) is 5.89 Å². The molecule has 0 aliphatic heterocycles. The zero-order valence-corrected chi connectivity index (χ0v) is 7.42. The summed E-state index contributed by atoms with van der Waals surface area (Å²) in [4.78, 5) is 4.02. The van der Waals surface area contributed by atoms with Gasteiger partial charge in [-0.15, -0.1) is 0 Å². The van der Waals surface area contributed by atoms with Crippen molar-refractivity contribution >= 4 is 22.6 Å². The van der Waals surface area contributed by atoms with Crippen LogP contribution in [0.3, 0.4) is 0 Å². The molecule has 1 heterocycles. The SMILES string of the molecule is Cc1noc(C(C)I)n1. The van der Waals surface area contributed by atoms with E-state index in [-0.39, 0.29) is 0 Å². The van der Waals surface area contributed by atoms with Crippen molar-refractivity contribution in [3.05, 3.63) is 11.7 Å². The van der Waals surface area contributed by atoms with Gasteiger partial charge in [-0.1, -0.05) is 27.7 Å². The quantitative estimate of drug-likeness (QED) is 0.553. The summed E-state index contributed by atoms with van der Waals surface area (Å²) in [5, 5.41) is 3.65. The normalized spacial score (nSPS) is 13.7. The standard InChI is InChI=1S/C5H7IN2O/c1-3(6)5-7-4(2)8-9-5/h3H,1-2H3. The molecule has 1 aromatic rings. The molecule has 0 spiro atoms. The Hall–Kier alpha value is -0.130. The van der Waals surface area contributed by atoms with Crippen LogP contribution in [0.1, 0.15) is 22.6 Å². The van der Waals surface area contributed by atoms with Crippen molar-refractivity contribution in [2.75, 3.05) is 0 Å². The fourth-order valence-corrected chi connectivity index (χ4v) is 0.728. The lowest BCUT2D eigenvalue weighted by molar-refractivity contribution is 0.379. The monoisotopic (exact) mass is 238 g/mol. The van der Waals surface area contributed by atoms with Crippen LogP contribution in [0.15, 0.2) is 4.52 Å². The average molecular weight is 238 g/mol. The van der Waals surface area contributed by atoms with Gasteiger partial charge < -0.3 is 4.52 Å². The maximum Gasteiger partial charge on any atom is 0.239 e. The first-order valence-electron chi connectivity index (χ1n) is 2.64. The first-order chi connectivity index (χ1) is 4.20. The Balaban J connectivity index is 2.85. The summed E-state index contributed by atoms with van der Waals surface area (Å²) < 4.78 is 5.17. The fourth-order valence-electron chi connectivity index (χ4n) is 0.475. The summed E-state index contributed by atoms with van der Waals surface area (Å²) in [6.45, 7) is 3.82. The highest BCUT2D eigenvalue weighted by molar-refractivity contribution is 14.1. The van der Waals surface area contributed by atoms with E-state index in [1.54, 1.807) is 0 Å². The Morgan fingerprint density at radius 1 is 1.67 bits per heavy atom. The van der Waals surface area contributed by atoms with Gasteiger partial charge in [-0.2, -0.15) is 4.98 Å². The molecule has 0 N–H and O–H groups in total. The molecule has 9 heavy (non-hydrogen) atoms. The molecule has 0 amide bonds. The zero-order chi connectivity index (χ0) is 6.85. The molecular weight excluding hydrogens is 231 g/mol. The second kappa shape index (κ2) is 2.64. The molecule has 3 nitrogen and oxygen atoms in total. The van der Waals surface area contributed by atoms with Crippen LogP contribution >= 0.6 is 22.6 Å². The fraction of sp³-hybridized carbons (Fsp3) is 0.600. The number of aromatic nitrogens is 2. The van der Waals surface area contributed by atoms with E-state index < -0.39 is 0 Å². The van der Waals surface area contributed by atoms with Crippen LogP contribution in [0, 0.1) is 6.92 Å².